The first-order valence-electron chi connectivity index (χ1n) is 8.48. The number of benzene rings is 2. The number of esters is 1. The molecule has 144 valence electrons. The van der Waals surface area contributed by atoms with E-state index < -0.39 is 18.5 Å². The molecule has 0 saturated heterocycles. The Balaban J connectivity index is 1.47. The number of aryl methyl sites for hydroxylation is 1. The van der Waals surface area contributed by atoms with Gasteiger partial charge in [0.25, 0.3) is 5.91 Å². The molecule has 8 heteroatoms. The lowest BCUT2D eigenvalue weighted by atomic mass is 10.2. The summed E-state index contributed by atoms with van der Waals surface area (Å²) >= 11 is 1.01. The highest BCUT2D eigenvalue weighted by Crippen LogP contribution is 2.21. The lowest BCUT2D eigenvalue weighted by Gasteiger charge is -2.09. The predicted octanol–water partition coefficient (Wildman–Crippen LogP) is 3.41. The zero-order valence-corrected chi connectivity index (χ0v) is 16.0. The van der Waals surface area contributed by atoms with E-state index in [1.54, 1.807) is 31.2 Å². The minimum absolute atomic E-state index is 0.206. The van der Waals surface area contributed by atoms with Crippen molar-refractivity contribution in [2.45, 2.75) is 13.5 Å². The molecule has 0 unspecified atom stereocenters. The van der Waals surface area contributed by atoms with Crippen LogP contribution in [0.3, 0.4) is 0 Å². The molecule has 0 aliphatic carbocycles. The lowest BCUT2D eigenvalue weighted by molar-refractivity contribution is -0.119. The smallest absolute Gasteiger partial charge is 0.343 e. The van der Waals surface area contributed by atoms with Gasteiger partial charge < -0.3 is 20.5 Å². The molecule has 1 aromatic heterocycles. The van der Waals surface area contributed by atoms with Crippen molar-refractivity contribution in [1.29, 1.82) is 0 Å². The Morgan fingerprint density at radius 2 is 1.82 bits per heavy atom. The first-order chi connectivity index (χ1) is 13.5. The fraction of sp³-hybridized carbons (Fsp3) is 0.150. The van der Waals surface area contributed by atoms with Crippen molar-refractivity contribution in [1.82, 2.24) is 4.37 Å². The average Bonchev–Trinajstić information content (AvgIpc) is 3.05. The molecule has 0 saturated carbocycles. The van der Waals surface area contributed by atoms with Crippen molar-refractivity contribution in [3.8, 4) is 5.75 Å². The number of nitrogens with zero attached hydrogens (tertiary/aromatic N) is 1. The third-order valence-electron chi connectivity index (χ3n) is 3.81. The monoisotopic (exact) mass is 397 g/mol. The summed E-state index contributed by atoms with van der Waals surface area (Å²) in [5.74, 6) is -0.432. The van der Waals surface area contributed by atoms with E-state index in [-0.39, 0.29) is 10.6 Å². The van der Waals surface area contributed by atoms with Gasteiger partial charge in [0.05, 0.1) is 5.69 Å². The number of aromatic nitrogens is 1. The standard InChI is InChI=1S/C20H19N3O4S/c1-13-18(19(21)28-23-13)20(25)27-12-17(24)22-15-7-9-16(10-8-15)26-11-14-5-3-2-4-6-14/h2-10H,11-12,21H2,1H3,(H,22,24). The van der Waals surface area contributed by atoms with Gasteiger partial charge in [0.15, 0.2) is 6.61 Å². The minimum atomic E-state index is -0.663. The molecule has 0 fully saturated rings. The van der Waals surface area contributed by atoms with Crippen LogP contribution >= 0.6 is 11.5 Å². The lowest BCUT2D eigenvalue weighted by Crippen LogP contribution is -2.21. The van der Waals surface area contributed by atoms with Gasteiger partial charge in [0.1, 0.15) is 22.9 Å². The molecule has 0 spiro atoms. The molecule has 0 aliphatic rings. The van der Waals surface area contributed by atoms with Gasteiger partial charge in [-0.1, -0.05) is 30.3 Å². The van der Waals surface area contributed by atoms with Crippen LogP contribution in [-0.4, -0.2) is 22.9 Å². The number of nitrogen functional groups attached to an aromatic ring is 1. The van der Waals surface area contributed by atoms with Gasteiger partial charge in [-0.15, -0.1) is 0 Å². The van der Waals surface area contributed by atoms with Crippen molar-refractivity contribution >= 4 is 34.1 Å². The van der Waals surface area contributed by atoms with Gasteiger partial charge >= 0.3 is 5.97 Å². The van der Waals surface area contributed by atoms with Crippen molar-refractivity contribution < 1.29 is 19.1 Å². The summed E-state index contributed by atoms with van der Waals surface area (Å²) in [6.07, 6.45) is 0. The summed E-state index contributed by atoms with van der Waals surface area (Å²) < 4.78 is 14.7. The van der Waals surface area contributed by atoms with Gasteiger partial charge in [-0.25, -0.2) is 4.79 Å². The molecular weight excluding hydrogens is 378 g/mol. The summed E-state index contributed by atoms with van der Waals surface area (Å²) in [6.45, 7) is 1.70. The van der Waals surface area contributed by atoms with Crippen LogP contribution in [0.1, 0.15) is 21.6 Å². The second kappa shape index (κ2) is 9.01. The summed E-state index contributed by atoms with van der Waals surface area (Å²) in [4.78, 5) is 24.0. The molecule has 1 amide bonds. The number of carbonyl (C=O) groups excluding carboxylic acids is 2. The topological polar surface area (TPSA) is 104 Å². The Morgan fingerprint density at radius 3 is 2.46 bits per heavy atom. The molecular formula is C20H19N3O4S. The highest BCUT2D eigenvalue weighted by Gasteiger charge is 2.19. The summed E-state index contributed by atoms with van der Waals surface area (Å²) in [7, 11) is 0. The van der Waals surface area contributed by atoms with E-state index in [1.807, 2.05) is 30.3 Å². The van der Waals surface area contributed by atoms with Crippen LogP contribution < -0.4 is 15.8 Å². The van der Waals surface area contributed by atoms with Gasteiger partial charge in [0, 0.05) is 5.69 Å². The molecule has 2 aromatic carbocycles. The van der Waals surface area contributed by atoms with Crippen LogP contribution in [0.25, 0.3) is 0 Å². The molecule has 28 heavy (non-hydrogen) atoms. The molecule has 0 bridgehead atoms. The molecule has 3 rings (SSSR count). The second-order valence-electron chi connectivity index (χ2n) is 5.93. The number of hydrogen-bond donors (Lipinski definition) is 2. The van der Waals surface area contributed by atoms with Crippen LogP contribution in [0, 0.1) is 6.92 Å². The van der Waals surface area contributed by atoms with Crippen molar-refractivity contribution in [2.75, 3.05) is 17.7 Å². The van der Waals surface area contributed by atoms with Crippen molar-refractivity contribution in [3.63, 3.8) is 0 Å². The van der Waals surface area contributed by atoms with E-state index >= 15 is 0 Å². The summed E-state index contributed by atoms with van der Waals surface area (Å²) in [5, 5.41) is 2.93. The predicted molar refractivity (Wildman–Crippen MR) is 107 cm³/mol. The van der Waals surface area contributed by atoms with Crippen LogP contribution in [0.15, 0.2) is 54.6 Å². The van der Waals surface area contributed by atoms with Crippen molar-refractivity contribution in [3.05, 3.63) is 71.4 Å². The molecule has 1 heterocycles. The molecule has 3 aromatic rings. The third kappa shape index (κ3) is 5.08. The average molecular weight is 397 g/mol. The highest BCUT2D eigenvalue weighted by molar-refractivity contribution is 7.10. The number of anilines is 2. The first kappa shape index (κ1) is 19.4. The van der Waals surface area contributed by atoms with Crippen LogP contribution in [0.5, 0.6) is 5.75 Å². The SMILES string of the molecule is Cc1nsc(N)c1C(=O)OCC(=O)Nc1ccc(OCc2ccccc2)cc1. The van der Waals surface area contributed by atoms with Gasteiger partial charge in [-0.05, 0) is 48.3 Å². The minimum Gasteiger partial charge on any atom is -0.489 e. The Kier molecular flexibility index (Phi) is 6.23. The number of nitrogens with one attached hydrogen (secondary N) is 1. The molecule has 0 radical (unpaired) electrons. The second-order valence-corrected chi connectivity index (χ2v) is 6.74. The largest absolute Gasteiger partial charge is 0.489 e. The number of hydrogen-bond acceptors (Lipinski definition) is 7. The number of rotatable bonds is 7. The van der Waals surface area contributed by atoms with E-state index in [2.05, 4.69) is 9.69 Å². The van der Waals surface area contributed by atoms with E-state index in [0.717, 1.165) is 17.1 Å². The number of carbonyl (C=O) groups is 2. The number of amides is 1. The maximum Gasteiger partial charge on any atom is 0.343 e. The first-order valence-corrected chi connectivity index (χ1v) is 9.26. The van der Waals surface area contributed by atoms with Crippen LogP contribution in [-0.2, 0) is 16.1 Å². The number of nitrogens with two attached hydrogens (primary N) is 1. The Labute approximate surface area is 166 Å². The Morgan fingerprint density at radius 1 is 1.11 bits per heavy atom. The zero-order chi connectivity index (χ0) is 19.9. The fourth-order valence-electron chi connectivity index (χ4n) is 2.41. The molecule has 7 nitrogen and oxygen atoms in total. The number of ether oxygens (including phenoxy) is 2. The Hall–Kier alpha value is -3.39. The quantitative estimate of drug-likeness (QED) is 0.592. The molecule has 0 atom stereocenters. The van der Waals surface area contributed by atoms with E-state index in [1.165, 1.54) is 0 Å². The maximum atomic E-state index is 12.0. The van der Waals surface area contributed by atoms with Crippen LogP contribution in [0.4, 0.5) is 10.7 Å². The normalized spacial score (nSPS) is 10.3. The van der Waals surface area contributed by atoms with Gasteiger partial charge in [0.2, 0.25) is 0 Å². The summed E-state index contributed by atoms with van der Waals surface area (Å²) in [5.41, 5.74) is 8.02. The Bertz CT molecular complexity index is 936. The third-order valence-corrected chi connectivity index (χ3v) is 4.58. The van der Waals surface area contributed by atoms with E-state index in [9.17, 15) is 9.59 Å². The van der Waals surface area contributed by atoms with Crippen LogP contribution in [0.2, 0.25) is 0 Å². The van der Waals surface area contributed by atoms with E-state index in [4.69, 9.17) is 15.2 Å². The highest BCUT2D eigenvalue weighted by atomic mass is 32.1. The molecule has 0 aliphatic heterocycles. The van der Waals surface area contributed by atoms with Gasteiger partial charge in [-0.3, -0.25) is 4.79 Å². The maximum absolute atomic E-state index is 12.0. The van der Waals surface area contributed by atoms with Gasteiger partial charge in [-0.2, -0.15) is 4.37 Å². The fourth-order valence-corrected chi connectivity index (χ4v) is 3.06. The molecule has 3 N–H and O–H groups in total. The van der Waals surface area contributed by atoms with E-state index in [0.29, 0.717) is 23.7 Å². The van der Waals surface area contributed by atoms with Crippen molar-refractivity contribution in [2.24, 2.45) is 0 Å². The zero-order valence-electron chi connectivity index (χ0n) is 15.2. The summed E-state index contributed by atoms with van der Waals surface area (Å²) in [6, 6.07) is 16.8.